The molecule has 0 saturated carbocycles. The fourth-order valence-corrected chi connectivity index (χ4v) is 5.97. The van der Waals surface area contributed by atoms with E-state index in [0.717, 1.165) is 27.8 Å². The molecule has 0 fully saturated rings. The molecular weight excluding hydrogens is 510 g/mol. The van der Waals surface area contributed by atoms with Crippen LogP contribution < -0.4 is 19.6 Å². The minimum atomic E-state index is -0.669. The number of hydrogen-bond donors (Lipinski definition) is 0. The van der Waals surface area contributed by atoms with Gasteiger partial charge in [-0.25, -0.2) is 9.79 Å². The molecule has 0 bridgehead atoms. The number of fused-ring (bicyclic) bond motifs is 2. The summed E-state index contributed by atoms with van der Waals surface area (Å²) in [4.78, 5) is 32.3. The SMILES string of the molecule is C=CCn1cc(/C=c2\sc3n(c2=O)[C@@H](c2ccc(OC(C)C)cc2)C(C(=O)OCC)=C(C)N=3)c2ccccc21. The second-order valence-electron chi connectivity index (χ2n) is 9.58. The van der Waals surface area contributed by atoms with Crippen molar-refractivity contribution in [1.29, 1.82) is 0 Å². The van der Waals surface area contributed by atoms with E-state index >= 15 is 0 Å². The monoisotopic (exact) mass is 541 g/mol. The predicted octanol–water partition coefficient (Wildman–Crippen LogP) is 4.73. The van der Waals surface area contributed by atoms with E-state index in [2.05, 4.69) is 22.2 Å². The van der Waals surface area contributed by atoms with Gasteiger partial charge in [0, 0.05) is 29.2 Å². The second kappa shape index (κ2) is 10.9. The van der Waals surface area contributed by atoms with Crippen molar-refractivity contribution in [2.45, 2.75) is 46.4 Å². The highest BCUT2D eigenvalue weighted by molar-refractivity contribution is 7.07. The molecule has 0 saturated heterocycles. The largest absolute Gasteiger partial charge is 0.491 e. The molecule has 1 aliphatic heterocycles. The van der Waals surface area contributed by atoms with Crippen LogP contribution in [0.1, 0.15) is 44.9 Å². The Balaban J connectivity index is 1.69. The van der Waals surface area contributed by atoms with Crippen molar-refractivity contribution in [1.82, 2.24) is 9.13 Å². The molecule has 1 atom stereocenters. The summed E-state index contributed by atoms with van der Waals surface area (Å²) in [6.07, 6.45) is 5.82. The zero-order valence-electron chi connectivity index (χ0n) is 22.5. The minimum absolute atomic E-state index is 0.0307. The first-order valence-corrected chi connectivity index (χ1v) is 13.8. The Morgan fingerprint density at radius 2 is 1.92 bits per heavy atom. The van der Waals surface area contributed by atoms with Crippen LogP contribution in [0.2, 0.25) is 0 Å². The highest BCUT2D eigenvalue weighted by Gasteiger charge is 2.33. The normalized spacial score (nSPS) is 15.4. The van der Waals surface area contributed by atoms with Gasteiger partial charge in [-0.05, 0) is 57.5 Å². The number of para-hydroxylation sites is 1. The maximum Gasteiger partial charge on any atom is 0.338 e. The highest BCUT2D eigenvalue weighted by atomic mass is 32.1. The van der Waals surface area contributed by atoms with Gasteiger partial charge < -0.3 is 14.0 Å². The summed E-state index contributed by atoms with van der Waals surface area (Å²) in [6.45, 7) is 12.2. The van der Waals surface area contributed by atoms with Gasteiger partial charge in [0.25, 0.3) is 5.56 Å². The molecule has 2 aromatic carbocycles. The van der Waals surface area contributed by atoms with E-state index in [1.54, 1.807) is 18.4 Å². The Morgan fingerprint density at radius 3 is 2.62 bits per heavy atom. The third-order valence-electron chi connectivity index (χ3n) is 6.52. The van der Waals surface area contributed by atoms with Crippen LogP contribution in [-0.4, -0.2) is 27.8 Å². The van der Waals surface area contributed by atoms with Crippen molar-refractivity contribution in [3.8, 4) is 5.75 Å². The lowest BCUT2D eigenvalue weighted by atomic mass is 9.96. The minimum Gasteiger partial charge on any atom is -0.491 e. The van der Waals surface area contributed by atoms with Crippen LogP contribution in [0, 0.1) is 0 Å². The van der Waals surface area contributed by atoms with Crippen molar-refractivity contribution < 1.29 is 14.3 Å². The molecule has 0 aliphatic carbocycles. The van der Waals surface area contributed by atoms with Crippen molar-refractivity contribution >= 4 is 34.3 Å². The zero-order chi connectivity index (χ0) is 27.7. The maximum absolute atomic E-state index is 14.0. The van der Waals surface area contributed by atoms with Gasteiger partial charge in [-0.2, -0.15) is 0 Å². The van der Waals surface area contributed by atoms with Gasteiger partial charge in [-0.3, -0.25) is 9.36 Å². The van der Waals surface area contributed by atoms with Gasteiger partial charge in [0.2, 0.25) is 0 Å². The lowest BCUT2D eigenvalue weighted by Crippen LogP contribution is -2.39. The third-order valence-corrected chi connectivity index (χ3v) is 7.50. The lowest BCUT2D eigenvalue weighted by molar-refractivity contribution is -0.139. The van der Waals surface area contributed by atoms with E-state index < -0.39 is 12.0 Å². The van der Waals surface area contributed by atoms with Gasteiger partial charge in [0.05, 0.1) is 34.6 Å². The Hall–Kier alpha value is -4.17. The van der Waals surface area contributed by atoms with Crippen molar-refractivity contribution in [2.24, 2.45) is 4.99 Å². The second-order valence-corrected chi connectivity index (χ2v) is 10.6. The molecule has 0 amide bonds. The molecule has 200 valence electrons. The molecule has 0 N–H and O–H groups in total. The topological polar surface area (TPSA) is 74.8 Å². The van der Waals surface area contributed by atoms with Crippen LogP contribution in [0.15, 0.2) is 88.4 Å². The summed E-state index contributed by atoms with van der Waals surface area (Å²) in [7, 11) is 0. The summed E-state index contributed by atoms with van der Waals surface area (Å²) in [5.74, 6) is 0.239. The molecule has 7 nitrogen and oxygen atoms in total. The molecule has 0 radical (unpaired) electrons. The number of thiazole rings is 1. The Morgan fingerprint density at radius 1 is 1.18 bits per heavy atom. The van der Waals surface area contributed by atoms with Crippen LogP contribution in [0.5, 0.6) is 5.75 Å². The molecule has 2 aromatic heterocycles. The van der Waals surface area contributed by atoms with Crippen LogP contribution in [0.3, 0.4) is 0 Å². The molecule has 0 unspecified atom stereocenters. The van der Waals surface area contributed by atoms with Crippen LogP contribution in [0.25, 0.3) is 17.0 Å². The number of ether oxygens (including phenoxy) is 2. The number of carbonyl (C=O) groups is 1. The number of hydrogen-bond acceptors (Lipinski definition) is 6. The number of esters is 1. The Labute approximate surface area is 230 Å². The summed E-state index contributed by atoms with van der Waals surface area (Å²) >= 11 is 1.32. The van der Waals surface area contributed by atoms with Gasteiger partial charge in [-0.1, -0.05) is 47.7 Å². The van der Waals surface area contributed by atoms with Crippen LogP contribution in [0.4, 0.5) is 0 Å². The molecule has 0 spiro atoms. The van der Waals surface area contributed by atoms with E-state index in [0.29, 0.717) is 27.1 Å². The molecule has 3 heterocycles. The average molecular weight is 542 g/mol. The first-order chi connectivity index (χ1) is 18.8. The first-order valence-electron chi connectivity index (χ1n) is 13.0. The molecule has 1 aliphatic rings. The van der Waals surface area contributed by atoms with E-state index in [1.165, 1.54) is 11.3 Å². The average Bonchev–Trinajstić information content (AvgIpc) is 3.40. The number of rotatable bonds is 8. The quantitative estimate of drug-likeness (QED) is 0.239. The molecular formula is C31H31N3O4S. The Kier molecular flexibility index (Phi) is 7.39. The van der Waals surface area contributed by atoms with Crippen molar-refractivity contribution in [2.75, 3.05) is 6.61 Å². The van der Waals surface area contributed by atoms with Gasteiger partial charge in [-0.15, -0.1) is 6.58 Å². The number of aromatic nitrogens is 2. The number of nitrogens with zero attached hydrogens (tertiary/aromatic N) is 3. The fraction of sp³-hybridized carbons (Fsp3) is 0.258. The van der Waals surface area contributed by atoms with Crippen molar-refractivity contribution in [3.63, 3.8) is 0 Å². The molecule has 4 aromatic rings. The molecule has 5 rings (SSSR count). The summed E-state index contributed by atoms with van der Waals surface area (Å²) in [6, 6.07) is 14.9. The predicted molar refractivity (Wildman–Crippen MR) is 155 cm³/mol. The molecule has 8 heteroatoms. The third kappa shape index (κ3) is 5.00. The smallest absolute Gasteiger partial charge is 0.338 e. The number of benzene rings is 2. The fourth-order valence-electron chi connectivity index (χ4n) is 4.93. The number of allylic oxidation sites excluding steroid dienone is 2. The lowest BCUT2D eigenvalue weighted by Gasteiger charge is -2.25. The van der Waals surface area contributed by atoms with E-state index in [4.69, 9.17) is 9.47 Å². The standard InChI is InChI=1S/C31H31N3O4S/c1-6-16-33-18-22(24-10-8-9-11-25(24)33)17-26-29(35)34-28(21-12-14-23(15-13-21)38-19(3)4)27(30(36)37-7-2)20(5)32-31(34)39-26/h6,8-15,17-19,28H,1,7,16H2,2-5H3/b26-17-/t28-/m0/s1. The van der Waals surface area contributed by atoms with Gasteiger partial charge in [0.1, 0.15) is 5.75 Å². The van der Waals surface area contributed by atoms with E-state index in [9.17, 15) is 9.59 Å². The Bertz CT molecular complexity index is 1770. The summed E-state index contributed by atoms with van der Waals surface area (Å²) in [5, 5.41) is 1.05. The number of carbonyl (C=O) groups excluding carboxylic acids is 1. The van der Waals surface area contributed by atoms with Crippen LogP contribution >= 0.6 is 11.3 Å². The van der Waals surface area contributed by atoms with Gasteiger partial charge >= 0.3 is 5.97 Å². The molecule has 39 heavy (non-hydrogen) atoms. The van der Waals surface area contributed by atoms with E-state index in [-0.39, 0.29) is 18.3 Å². The first kappa shape index (κ1) is 26.4. The maximum atomic E-state index is 14.0. The van der Waals surface area contributed by atoms with E-state index in [1.807, 2.05) is 74.7 Å². The summed E-state index contributed by atoms with van der Waals surface area (Å²) in [5.41, 5.74) is 3.47. The van der Waals surface area contributed by atoms with Crippen LogP contribution in [-0.2, 0) is 16.1 Å². The zero-order valence-corrected chi connectivity index (χ0v) is 23.3. The van der Waals surface area contributed by atoms with Crippen molar-refractivity contribution in [3.05, 3.63) is 109 Å². The summed E-state index contributed by atoms with van der Waals surface area (Å²) < 4.78 is 15.5. The highest BCUT2D eigenvalue weighted by Crippen LogP contribution is 2.32. The van der Waals surface area contributed by atoms with Gasteiger partial charge in [0.15, 0.2) is 4.80 Å².